The lowest BCUT2D eigenvalue weighted by Crippen LogP contribution is -2.06. The summed E-state index contributed by atoms with van der Waals surface area (Å²) in [6.45, 7) is 0. The Hall–Kier alpha value is -1.14. The van der Waals surface area contributed by atoms with Crippen molar-refractivity contribution in [1.82, 2.24) is 0 Å². The van der Waals surface area contributed by atoms with Crippen LogP contribution < -0.4 is 5.32 Å². The van der Waals surface area contributed by atoms with Crippen molar-refractivity contribution < 1.29 is 17.6 Å². The molecule has 1 N–H and O–H groups in total. The number of halogens is 2. The maximum absolute atomic E-state index is 13.1. The normalized spacial score (nSPS) is 14.8. The number of amides is 1. The smallest absolute Gasteiger partial charge is 0.236 e. The second-order valence-electron chi connectivity index (χ2n) is 3.51. The van der Waals surface area contributed by atoms with Crippen molar-refractivity contribution in [1.29, 1.82) is 0 Å². The molecule has 0 saturated carbocycles. The van der Waals surface area contributed by atoms with Crippen LogP contribution in [0.1, 0.15) is 11.1 Å². The molecule has 1 heterocycles. The third kappa shape index (κ3) is 2.33. The molecule has 0 spiro atoms. The molecule has 0 radical (unpaired) electrons. The number of benzene rings is 1. The van der Waals surface area contributed by atoms with Crippen LogP contribution in [-0.4, -0.2) is 14.3 Å². The summed E-state index contributed by atoms with van der Waals surface area (Å²) in [5, 5.41) is 2.49. The van der Waals surface area contributed by atoms with E-state index >= 15 is 0 Å². The fourth-order valence-corrected chi connectivity index (χ4v) is 2.63. The number of rotatable bonds is 2. The first kappa shape index (κ1) is 11.3. The first-order valence-electron chi connectivity index (χ1n) is 4.38. The van der Waals surface area contributed by atoms with Gasteiger partial charge in [0.25, 0.3) is 0 Å². The molecule has 0 aliphatic carbocycles. The summed E-state index contributed by atoms with van der Waals surface area (Å²) >= 11 is 0. The third-order valence-corrected chi connectivity index (χ3v) is 3.19. The van der Waals surface area contributed by atoms with Gasteiger partial charge in [0.15, 0.2) is 0 Å². The van der Waals surface area contributed by atoms with Crippen molar-refractivity contribution in [3.05, 3.63) is 29.1 Å². The third-order valence-electron chi connectivity index (χ3n) is 2.21. The first-order valence-corrected chi connectivity index (χ1v) is 6.86. The van der Waals surface area contributed by atoms with E-state index in [9.17, 15) is 17.6 Å². The van der Waals surface area contributed by atoms with Crippen LogP contribution in [0.3, 0.4) is 0 Å². The van der Waals surface area contributed by atoms with Crippen LogP contribution in [0.4, 0.5) is 10.1 Å². The molecule has 2 rings (SSSR count). The van der Waals surface area contributed by atoms with E-state index in [0.717, 1.165) is 6.07 Å². The molecule has 0 unspecified atom stereocenters. The van der Waals surface area contributed by atoms with Crippen molar-refractivity contribution in [2.24, 2.45) is 0 Å². The van der Waals surface area contributed by atoms with Gasteiger partial charge in [-0.2, -0.15) is 0 Å². The molecule has 1 aromatic rings. The van der Waals surface area contributed by atoms with Crippen molar-refractivity contribution in [2.45, 2.75) is 12.2 Å². The van der Waals surface area contributed by atoms with Crippen LogP contribution in [0.2, 0.25) is 0 Å². The molecular formula is C9H7ClFNO3S. The Labute approximate surface area is 95.8 Å². The topological polar surface area (TPSA) is 63.2 Å². The van der Waals surface area contributed by atoms with Gasteiger partial charge in [-0.05, 0) is 23.3 Å². The summed E-state index contributed by atoms with van der Waals surface area (Å²) in [4.78, 5) is 11.1. The standard InChI is InChI=1S/C9H7ClFNO3S/c10-16(14,15)4-6-2-7(11)1-5-3-8(13)12-9(5)6/h1-2H,3-4H2,(H,12,13). The highest BCUT2D eigenvalue weighted by molar-refractivity contribution is 8.13. The molecule has 16 heavy (non-hydrogen) atoms. The van der Waals surface area contributed by atoms with E-state index in [1.54, 1.807) is 0 Å². The molecule has 1 aromatic carbocycles. The fraction of sp³-hybridized carbons (Fsp3) is 0.222. The summed E-state index contributed by atoms with van der Waals surface area (Å²) in [5.74, 6) is -1.37. The molecule has 4 nitrogen and oxygen atoms in total. The number of fused-ring (bicyclic) bond motifs is 1. The Morgan fingerprint density at radius 1 is 1.44 bits per heavy atom. The van der Waals surface area contributed by atoms with E-state index in [0.29, 0.717) is 11.3 Å². The predicted octanol–water partition coefficient (Wildman–Crippen LogP) is 1.39. The molecular weight excluding hydrogens is 257 g/mol. The SMILES string of the molecule is O=C1Cc2cc(F)cc(CS(=O)(=O)Cl)c2N1. The Balaban J connectivity index is 2.51. The highest BCUT2D eigenvalue weighted by Gasteiger charge is 2.23. The first-order chi connectivity index (χ1) is 7.35. The van der Waals surface area contributed by atoms with Gasteiger partial charge in [0.2, 0.25) is 15.0 Å². The lowest BCUT2D eigenvalue weighted by molar-refractivity contribution is -0.115. The van der Waals surface area contributed by atoms with Gasteiger partial charge in [-0.1, -0.05) is 0 Å². The minimum absolute atomic E-state index is 0.0580. The number of nitrogens with one attached hydrogen (secondary N) is 1. The lowest BCUT2D eigenvalue weighted by atomic mass is 10.1. The molecule has 1 aliphatic heterocycles. The molecule has 0 atom stereocenters. The fourth-order valence-electron chi connectivity index (χ4n) is 1.68. The Kier molecular flexibility index (Phi) is 2.63. The lowest BCUT2D eigenvalue weighted by Gasteiger charge is -2.06. The van der Waals surface area contributed by atoms with Crippen LogP contribution in [0.5, 0.6) is 0 Å². The van der Waals surface area contributed by atoms with E-state index in [4.69, 9.17) is 10.7 Å². The highest BCUT2D eigenvalue weighted by atomic mass is 35.7. The van der Waals surface area contributed by atoms with E-state index in [2.05, 4.69) is 5.32 Å². The molecule has 7 heteroatoms. The second-order valence-corrected chi connectivity index (χ2v) is 6.28. The van der Waals surface area contributed by atoms with Gasteiger partial charge < -0.3 is 5.32 Å². The number of hydrogen-bond acceptors (Lipinski definition) is 3. The molecule has 1 amide bonds. The zero-order chi connectivity index (χ0) is 11.9. The van der Waals surface area contributed by atoms with Crippen molar-refractivity contribution in [3.8, 4) is 0 Å². The number of carbonyl (C=O) groups is 1. The van der Waals surface area contributed by atoms with Crippen LogP contribution >= 0.6 is 10.7 Å². The van der Waals surface area contributed by atoms with Crippen LogP contribution in [-0.2, 0) is 26.0 Å². The number of carbonyl (C=O) groups excluding carboxylic acids is 1. The van der Waals surface area contributed by atoms with Crippen molar-refractivity contribution >= 4 is 31.3 Å². The zero-order valence-electron chi connectivity index (χ0n) is 7.96. The highest BCUT2D eigenvalue weighted by Crippen LogP contribution is 2.30. The molecule has 0 bridgehead atoms. The summed E-state index contributed by atoms with van der Waals surface area (Å²) in [7, 11) is 1.32. The minimum Gasteiger partial charge on any atom is -0.325 e. The summed E-state index contributed by atoms with van der Waals surface area (Å²) in [6, 6.07) is 2.27. The number of anilines is 1. The Bertz CT molecular complexity index is 570. The molecule has 0 aromatic heterocycles. The van der Waals surface area contributed by atoms with Gasteiger partial charge in [0, 0.05) is 16.4 Å². The number of hydrogen-bond donors (Lipinski definition) is 1. The quantitative estimate of drug-likeness (QED) is 0.820. The Morgan fingerprint density at radius 3 is 2.75 bits per heavy atom. The van der Waals surface area contributed by atoms with Gasteiger partial charge in [-0.25, -0.2) is 12.8 Å². The maximum Gasteiger partial charge on any atom is 0.236 e. The van der Waals surface area contributed by atoms with Gasteiger partial charge in [-0.3, -0.25) is 4.79 Å². The average Bonchev–Trinajstić information content (AvgIpc) is 2.42. The van der Waals surface area contributed by atoms with Crippen LogP contribution in [0.15, 0.2) is 12.1 Å². The minimum atomic E-state index is -3.78. The van der Waals surface area contributed by atoms with Gasteiger partial charge in [0.05, 0.1) is 12.2 Å². The van der Waals surface area contributed by atoms with E-state index in [1.807, 2.05) is 0 Å². The van der Waals surface area contributed by atoms with Crippen molar-refractivity contribution in [3.63, 3.8) is 0 Å². The van der Waals surface area contributed by atoms with Gasteiger partial charge in [0.1, 0.15) is 5.82 Å². The predicted molar refractivity (Wildman–Crippen MR) is 57.2 cm³/mol. The van der Waals surface area contributed by atoms with Crippen LogP contribution in [0, 0.1) is 5.82 Å². The second kappa shape index (κ2) is 3.71. The van der Waals surface area contributed by atoms with Gasteiger partial charge >= 0.3 is 0 Å². The molecule has 1 aliphatic rings. The summed E-state index contributed by atoms with van der Waals surface area (Å²) in [6.07, 6.45) is 0.0580. The Morgan fingerprint density at radius 2 is 2.12 bits per heavy atom. The van der Waals surface area contributed by atoms with Crippen LogP contribution in [0.25, 0.3) is 0 Å². The molecule has 0 saturated heterocycles. The molecule has 86 valence electrons. The largest absolute Gasteiger partial charge is 0.325 e. The summed E-state index contributed by atoms with van der Waals surface area (Å²) in [5.41, 5.74) is 0.992. The van der Waals surface area contributed by atoms with E-state index < -0.39 is 20.6 Å². The maximum atomic E-state index is 13.1. The summed E-state index contributed by atoms with van der Waals surface area (Å²) < 4.78 is 35.0. The van der Waals surface area contributed by atoms with Crippen molar-refractivity contribution in [2.75, 3.05) is 5.32 Å². The molecule has 0 fully saturated rings. The monoisotopic (exact) mass is 263 g/mol. The van der Waals surface area contributed by atoms with E-state index in [-0.39, 0.29) is 17.9 Å². The average molecular weight is 264 g/mol. The van der Waals surface area contributed by atoms with E-state index in [1.165, 1.54) is 6.07 Å². The van der Waals surface area contributed by atoms with Gasteiger partial charge in [-0.15, -0.1) is 0 Å². The zero-order valence-corrected chi connectivity index (χ0v) is 9.53.